The van der Waals surface area contributed by atoms with Crippen LogP contribution >= 0.6 is 24.0 Å². The minimum Gasteiger partial charge on any atom is -0.357 e. The third-order valence-electron chi connectivity index (χ3n) is 6.12. The molecule has 2 amide bonds. The van der Waals surface area contributed by atoms with Crippen molar-refractivity contribution in [1.82, 2.24) is 15.5 Å². The largest absolute Gasteiger partial charge is 0.357 e. The van der Waals surface area contributed by atoms with Crippen LogP contribution in [-0.4, -0.2) is 42.3 Å². The number of guanidine groups is 1. The highest BCUT2D eigenvalue weighted by molar-refractivity contribution is 14.0. The van der Waals surface area contributed by atoms with Crippen LogP contribution in [0.3, 0.4) is 0 Å². The van der Waals surface area contributed by atoms with Gasteiger partial charge in [-0.3, -0.25) is 14.5 Å². The molecule has 4 rings (SSSR count). The van der Waals surface area contributed by atoms with Crippen LogP contribution < -0.4 is 10.6 Å². The smallest absolute Gasteiger partial charge is 0.233 e. The number of carbonyl (C=O) groups is 2. The lowest BCUT2D eigenvalue weighted by atomic mass is 9.85. The molecule has 31 heavy (non-hydrogen) atoms. The standard InChI is InChI=1S/C22H24FN5O2.HI/c1-2-25-22(27-12-16-9-13(11-24)3-6-17(16)23)26-7-8-28-20(29)18-14-4-5-15(10-14)19(18)21(28)30;/h3-6,9,14-15,18-19H,2,7-8,10,12H2,1H3,(H2,25,26,27);1H. The molecule has 1 aliphatic heterocycles. The highest BCUT2D eigenvalue weighted by Crippen LogP contribution is 2.52. The van der Waals surface area contributed by atoms with Crippen molar-refractivity contribution < 1.29 is 14.0 Å². The molecule has 3 aliphatic rings. The topological polar surface area (TPSA) is 97.6 Å². The van der Waals surface area contributed by atoms with Crippen LogP contribution in [0.25, 0.3) is 0 Å². The lowest BCUT2D eigenvalue weighted by Gasteiger charge is -2.18. The monoisotopic (exact) mass is 537 g/mol. The van der Waals surface area contributed by atoms with Gasteiger partial charge in [0.2, 0.25) is 11.8 Å². The van der Waals surface area contributed by atoms with Gasteiger partial charge in [0.1, 0.15) is 5.82 Å². The first-order valence-electron chi connectivity index (χ1n) is 10.3. The van der Waals surface area contributed by atoms with Gasteiger partial charge in [0, 0.05) is 25.2 Å². The van der Waals surface area contributed by atoms with Crippen molar-refractivity contribution in [2.45, 2.75) is 19.9 Å². The lowest BCUT2D eigenvalue weighted by Crippen LogP contribution is -2.43. The molecule has 4 atom stereocenters. The predicted molar refractivity (Wildman–Crippen MR) is 124 cm³/mol. The molecule has 164 valence electrons. The Bertz CT molecular complexity index is 943. The van der Waals surface area contributed by atoms with E-state index in [2.05, 4.69) is 27.8 Å². The number of hydrogen-bond donors (Lipinski definition) is 2. The van der Waals surface area contributed by atoms with E-state index in [0.717, 1.165) is 6.42 Å². The zero-order chi connectivity index (χ0) is 21.3. The predicted octanol–water partition coefficient (Wildman–Crippen LogP) is 2.18. The van der Waals surface area contributed by atoms with Crippen molar-refractivity contribution in [1.29, 1.82) is 5.26 Å². The van der Waals surface area contributed by atoms with Gasteiger partial charge < -0.3 is 10.6 Å². The van der Waals surface area contributed by atoms with Crippen molar-refractivity contribution in [3.8, 4) is 6.07 Å². The van der Waals surface area contributed by atoms with Crippen molar-refractivity contribution in [3.05, 3.63) is 47.3 Å². The fourth-order valence-corrected chi connectivity index (χ4v) is 4.74. The summed E-state index contributed by atoms with van der Waals surface area (Å²) in [5, 5.41) is 15.1. The van der Waals surface area contributed by atoms with Gasteiger partial charge in [0.05, 0.1) is 30.0 Å². The fraction of sp³-hybridized carbons (Fsp3) is 0.455. The number of imide groups is 1. The van der Waals surface area contributed by atoms with Crippen LogP contribution in [0, 0.1) is 40.8 Å². The van der Waals surface area contributed by atoms with Gasteiger partial charge in [-0.2, -0.15) is 5.26 Å². The van der Waals surface area contributed by atoms with Gasteiger partial charge in [-0.05, 0) is 43.4 Å². The molecule has 0 radical (unpaired) electrons. The summed E-state index contributed by atoms with van der Waals surface area (Å²) < 4.78 is 14.0. The molecule has 1 heterocycles. The van der Waals surface area contributed by atoms with Crippen molar-refractivity contribution in [2.24, 2.45) is 28.7 Å². The number of aliphatic imine (C=N–C) groups is 1. The number of likely N-dealkylation sites (tertiary alicyclic amines) is 1. The zero-order valence-electron chi connectivity index (χ0n) is 17.2. The van der Waals surface area contributed by atoms with Gasteiger partial charge in [0.15, 0.2) is 5.96 Å². The number of amides is 2. The second-order valence-electron chi connectivity index (χ2n) is 7.87. The van der Waals surface area contributed by atoms with Crippen LogP contribution in [0.1, 0.15) is 24.5 Å². The Morgan fingerprint density at radius 2 is 1.90 bits per heavy atom. The number of allylic oxidation sites excluding steroid dienone is 2. The third kappa shape index (κ3) is 4.44. The second-order valence-corrected chi connectivity index (χ2v) is 7.87. The Kier molecular flexibility index (Phi) is 7.30. The number of rotatable bonds is 6. The number of nitrogens with one attached hydrogen (secondary N) is 2. The first-order chi connectivity index (χ1) is 14.5. The average molecular weight is 537 g/mol. The van der Waals surface area contributed by atoms with Crippen LogP contribution in [0.15, 0.2) is 35.3 Å². The maximum Gasteiger partial charge on any atom is 0.233 e. The Hall–Kier alpha value is -2.48. The van der Waals surface area contributed by atoms with Gasteiger partial charge >= 0.3 is 0 Å². The molecule has 1 aromatic carbocycles. The first-order valence-corrected chi connectivity index (χ1v) is 10.3. The summed E-state index contributed by atoms with van der Waals surface area (Å²) in [6.07, 6.45) is 5.07. The van der Waals surface area contributed by atoms with Crippen LogP contribution in [0.2, 0.25) is 0 Å². The molecular formula is C22H25FIN5O2. The zero-order valence-corrected chi connectivity index (χ0v) is 19.5. The molecule has 7 nitrogen and oxygen atoms in total. The van der Waals surface area contributed by atoms with E-state index in [-0.39, 0.29) is 72.6 Å². The average Bonchev–Trinajstić information content (AvgIpc) is 3.42. The van der Waals surface area contributed by atoms with Gasteiger partial charge in [0.25, 0.3) is 0 Å². The van der Waals surface area contributed by atoms with E-state index in [1.54, 1.807) is 0 Å². The summed E-state index contributed by atoms with van der Waals surface area (Å²) in [6, 6.07) is 6.15. The minimum absolute atomic E-state index is 0. The summed E-state index contributed by atoms with van der Waals surface area (Å²) in [5.41, 5.74) is 0.701. The summed E-state index contributed by atoms with van der Waals surface area (Å²) >= 11 is 0. The van der Waals surface area contributed by atoms with Gasteiger partial charge in [-0.25, -0.2) is 9.38 Å². The molecule has 2 aliphatic carbocycles. The molecule has 9 heteroatoms. The van der Waals surface area contributed by atoms with Crippen LogP contribution in [-0.2, 0) is 16.1 Å². The Morgan fingerprint density at radius 3 is 2.52 bits per heavy atom. The van der Waals surface area contributed by atoms with Crippen molar-refractivity contribution >= 4 is 41.8 Å². The Balaban J connectivity index is 0.00000272. The van der Waals surface area contributed by atoms with Gasteiger partial charge in [-0.1, -0.05) is 12.2 Å². The van der Waals surface area contributed by atoms with Crippen molar-refractivity contribution in [3.63, 3.8) is 0 Å². The molecule has 0 aromatic heterocycles. The SMILES string of the molecule is CCNC(=NCc1cc(C#N)ccc1F)NCCN1C(=O)C2C3C=CC(C3)C2C1=O.I. The third-order valence-corrected chi connectivity index (χ3v) is 6.12. The fourth-order valence-electron chi connectivity index (χ4n) is 4.74. The van der Waals surface area contributed by atoms with E-state index < -0.39 is 5.82 Å². The number of benzene rings is 1. The summed E-state index contributed by atoms with van der Waals surface area (Å²) in [7, 11) is 0. The lowest BCUT2D eigenvalue weighted by molar-refractivity contribution is -0.140. The molecule has 0 spiro atoms. The summed E-state index contributed by atoms with van der Waals surface area (Å²) in [5.74, 6) is -0.0758. The quantitative estimate of drug-likeness (QED) is 0.191. The number of hydrogen-bond acceptors (Lipinski definition) is 4. The van der Waals surface area contributed by atoms with E-state index >= 15 is 0 Å². The normalized spacial score (nSPS) is 26.0. The maximum atomic E-state index is 14.0. The van der Waals surface area contributed by atoms with Crippen LogP contribution in [0.5, 0.6) is 0 Å². The molecule has 1 saturated carbocycles. The molecular weight excluding hydrogens is 512 g/mol. The van der Waals surface area contributed by atoms with Gasteiger partial charge in [-0.15, -0.1) is 24.0 Å². The Morgan fingerprint density at radius 1 is 1.23 bits per heavy atom. The highest BCUT2D eigenvalue weighted by Gasteiger charge is 2.58. The van der Waals surface area contributed by atoms with E-state index in [0.29, 0.717) is 30.2 Å². The van der Waals surface area contributed by atoms with E-state index in [1.165, 1.54) is 23.1 Å². The molecule has 1 aromatic rings. The minimum atomic E-state index is -0.420. The van der Waals surface area contributed by atoms with E-state index in [9.17, 15) is 14.0 Å². The number of halogens is 2. The number of nitriles is 1. The number of carbonyl (C=O) groups excluding carboxylic acids is 2. The van der Waals surface area contributed by atoms with Crippen LogP contribution in [0.4, 0.5) is 4.39 Å². The van der Waals surface area contributed by atoms with E-state index in [1.807, 2.05) is 13.0 Å². The molecule has 4 unspecified atom stereocenters. The maximum absolute atomic E-state index is 14.0. The molecule has 2 fully saturated rings. The summed E-state index contributed by atoms with van der Waals surface area (Å²) in [6.45, 7) is 3.20. The molecule has 2 bridgehead atoms. The molecule has 1 saturated heterocycles. The highest BCUT2D eigenvalue weighted by atomic mass is 127. The van der Waals surface area contributed by atoms with Crippen molar-refractivity contribution in [2.75, 3.05) is 19.6 Å². The Labute approximate surface area is 197 Å². The summed E-state index contributed by atoms with van der Waals surface area (Å²) in [4.78, 5) is 31.2. The van der Waals surface area contributed by atoms with E-state index in [4.69, 9.17) is 5.26 Å². The molecule has 2 N–H and O–H groups in total. The first kappa shape index (κ1) is 23.2. The number of nitrogens with zero attached hydrogens (tertiary/aromatic N) is 3. The second kappa shape index (κ2) is 9.77. The number of fused-ring (bicyclic) bond motifs is 5.